The molecule has 0 aromatic heterocycles. The van der Waals surface area contributed by atoms with Crippen LogP contribution in [0.2, 0.25) is 0 Å². The molecule has 0 unspecified atom stereocenters. The van der Waals surface area contributed by atoms with Crippen molar-refractivity contribution in [2.45, 2.75) is 19.3 Å². The second kappa shape index (κ2) is 4.37. The van der Waals surface area contributed by atoms with Gasteiger partial charge >= 0.3 is 0 Å². The molecule has 0 spiro atoms. The molecule has 0 radical (unpaired) electrons. The molecule has 1 aromatic rings. The molecule has 1 aliphatic carbocycles. The quantitative estimate of drug-likeness (QED) is 0.857. The largest absolute Gasteiger partial charge is 0.493 e. The van der Waals surface area contributed by atoms with Crippen LogP contribution in [0.3, 0.4) is 0 Å². The first-order valence-electron chi connectivity index (χ1n) is 5.43. The Morgan fingerprint density at radius 2 is 2.00 bits per heavy atom. The van der Waals surface area contributed by atoms with Crippen LogP contribution in [0.4, 0.5) is 8.78 Å². The van der Waals surface area contributed by atoms with Gasteiger partial charge in [0.15, 0.2) is 11.6 Å². The molecule has 2 rings (SSSR count). The van der Waals surface area contributed by atoms with Crippen LogP contribution in [0.5, 0.6) is 5.75 Å². The van der Waals surface area contributed by atoms with Crippen LogP contribution in [-0.4, -0.2) is 13.2 Å². The number of rotatable bonds is 4. The van der Waals surface area contributed by atoms with E-state index >= 15 is 0 Å². The first-order valence-corrected chi connectivity index (χ1v) is 5.43. The minimum absolute atomic E-state index is 0.0465. The maximum Gasteiger partial charge on any atom is 0.162 e. The average molecular weight is 227 g/mol. The highest BCUT2D eigenvalue weighted by atomic mass is 19.2. The number of benzene rings is 1. The van der Waals surface area contributed by atoms with Crippen molar-refractivity contribution in [3.8, 4) is 5.75 Å². The highest BCUT2D eigenvalue weighted by Gasteiger charge is 2.36. The lowest BCUT2D eigenvalue weighted by atomic mass is 9.69. The van der Waals surface area contributed by atoms with E-state index in [-0.39, 0.29) is 5.41 Å². The minimum Gasteiger partial charge on any atom is -0.493 e. The Morgan fingerprint density at radius 3 is 2.50 bits per heavy atom. The molecular weight excluding hydrogens is 212 g/mol. The lowest BCUT2D eigenvalue weighted by molar-refractivity contribution is 0.0665. The third-order valence-electron chi connectivity index (χ3n) is 3.28. The third-order valence-corrected chi connectivity index (χ3v) is 3.28. The molecule has 88 valence electrons. The zero-order chi connectivity index (χ0) is 11.6. The normalized spacial score (nSPS) is 17.9. The van der Waals surface area contributed by atoms with Crippen LogP contribution in [0.1, 0.15) is 19.3 Å². The van der Waals surface area contributed by atoms with E-state index in [1.807, 2.05) is 0 Å². The van der Waals surface area contributed by atoms with Crippen LogP contribution in [-0.2, 0) is 0 Å². The van der Waals surface area contributed by atoms with E-state index < -0.39 is 11.6 Å². The zero-order valence-electron chi connectivity index (χ0n) is 9.01. The Morgan fingerprint density at radius 1 is 1.25 bits per heavy atom. The van der Waals surface area contributed by atoms with Crippen molar-refractivity contribution in [3.05, 3.63) is 29.8 Å². The van der Waals surface area contributed by atoms with Crippen LogP contribution >= 0.6 is 0 Å². The summed E-state index contributed by atoms with van der Waals surface area (Å²) < 4.78 is 31.0. The van der Waals surface area contributed by atoms with Crippen molar-refractivity contribution < 1.29 is 13.5 Å². The second-order valence-electron chi connectivity index (χ2n) is 4.42. The SMILES string of the molecule is NCC1(COc2ccc(F)c(F)c2)CCC1. The highest BCUT2D eigenvalue weighted by molar-refractivity contribution is 5.23. The van der Waals surface area contributed by atoms with Crippen molar-refractivity contribution in [1.82, 2.24) is 0 Å². The fourth-order valence-corrected chi connectivity index (χ4v) is 1.89. The number of nitrogens with two attached hydrogens (primary N) is 1. The van der Waals surface area contributed by atoms with Crippen LogP contribution in [0, 0.1) is 17.0 Å². The lowest BCUT2D eigenvalue weighted by Gasteiger charge is -2.40. The topological polar surface area (TPSA) is 35.2 Å². The molecule has 1 saturated carbocycles. The first kappa shape index (κ1) is 11.3. The Hall–Kier alpha value is -1.16. The predicted octanol–water partition coefficient (Wildman–Crippen LogP) is 2.47. The standard InChI is InChI=1S/C12H15F2NO/c13-10-3-2-9(6-11(10)14)16-8-12(7-15)4-1-5-12/h2-3,6H,1,4-5,7-8,15H2. The van der Waals surface area contributed by atoms with Gasteiger partial charge in [-0.05, 0) is 25.0 Å². The van der Waals surface area contributed by atoms with Gasteiger partial charge in [-0.25, -0.2) is 8.78 Å². The maximum atomic E-state index is 12.9. The zero-order valence-corrected chi connectivity index (χ0v) is 9.01. The molecule has 0 bridgehead atoms. The molecular formula is C12H15F2NO. The van der Waals surface area contributed by atoms with Gasteiger partial charge in [-0.2, -0.15) is 0 Å². The summed E-state index contributed by atoms with van der Waals surface area (Å²) >= 11 is 0. The average Bonchev–Trinajstić information content (AvgIpc) is 2.22. The molecule has 1 aromatic carbocycles. The van der Waals surface area contributed by atoms with Crippen LogP contribution in [0.15, 0.2) is 18.2 Å². The summed E-state index contributed by atoms with van der Waals surface area (Å²) in [6.07, 6.45) is 3.26. The van der Waals surface area contributed by atoms with Crippen molar-refractivity contribution in [3.63, 3.8) is 0 Å². The van der Waals surface area contributed by atoms with Crippen molar-refractivity contribution in [1.29, 1.82) is 0 Å². The van der Waals surface area contributed by atoms with Gasteiger partial charge in [-0.15, -0.1) is 0 Å². The van der Waals surface area contributed by atoms with E-state index in [0.717, 1.165) is 25.0 Å². The molecule has 0 saturated heterocycles. The highest BCUT2D eigenvalue weighted by Crippen LogP contribution is 2.40. The van der Waals surface area contributed by atoms with Gasteiger partial charge in [0.2, 0.25) is 0 Å². The van der Waals surface area contributed by atoms with E-state index in [9.17, 15) is 8.78 Å². The van der Waals surface area contributed by atoms with E-state index in [4.69, 9.17) is 10.5 Å². The predicted molar refractivity (Wildman–Crippen MR) is 57.2 cm³/mol. The molecule has 16 heavy (non-hydrogen) atoms. The number of halogens is 2. The summed E-state index contributed by atoms with van der Waals surface area (Å²) in [7, 11) is 0. The number of ether oxygens (including phenoxy) is 1. The Balaban J connectivity index is 1.96. The van der Waals surface area contributed by atoms with Gasteiger partial charge in [0.1, 0.15) is 5.75 Å². The van der Waals surface area contributed by atoms with Crippen LogP contribution < -0.4 is 10.5 Å². The van der Waals surface area contributed by atoms with E-state index in [1.165, 1.54) is 12.5 Å². The fraction of sp³-hybridized carbons (Fsp3) is 0.500. The molecule has 2 nitrogen and oxygen atoms in total. The summed E-state index contributed by atoms with van der Waals surface area (Å²) in [5.41, 5.74) is 5.72. The number of hydrogen-bond acceptors (Lipinski definition) is 2. The Bertz CT molecular complexity index is 372. The molecule has 0 atom stereocenters. The smallest absolute Gasteiger partial charge is 0.162 e. The summed E-state index contributed by atoms with van der Waals surface area (Å²) in [6, 6.07) is 3.57. The summed E-state index contributed by atoms with van der Waals surface area (Å²) in [5, 5.41) is 0. The Labute approximate surface area is 93.4 Å². The molecule has 1 fully saturated rings. The molecule has 0 aliphatic heterocycles. The van der Waals surface area contributed by atoms with Gasteiger partial charge in [0.05, 0.1) is 6.61 Å². The molecule has 0 heterocycles. The van der Waals surface area contributed by atoms with Gasteiger partial charge in [0, 0.05) is 18.0 Å². The molecule has 0 amide bonds. The first-order chi connectivity index (χ1) is 7.65. The van der Waals surface area contributed by atoms with E-state index in [0.29, 0.717) is 18.9 Å². The maximum absolute atomic E-state index is 12.9. The fourth-order valence-electron chi connectivity index (χ4n) is 1.89. The van der Waals surface area contributed by atoms with Crippen molar-refractivity contribution in [2.75, 3.05) is 13.2 Å². The van der Waals surface area contributed by atoms with E-state index in [2.05, 4.69) is 0 Å². The van der Waals surface area contributed by atoms with Gasteiger partial charge in [-0.3, -0.25) is 0 Å². The number of hydrogen-bond donors (Lipinski definition) is 1. The molecule has 2 N–H and O–H groups in total. The molecule has 1 aliphatic rings. The van der Waals surface area contributed by atoms with E-state index in [1.54, 1.807) is 0 Å². The van der Waals surface area contributed by atoms with Gasteiger partial charge in [-0.1, -0.05) is 6.42 Å². The van der Waals surface area contributed by atoms with Crippen molar-refractivity contribution >= 4 is 0 Å². The summed E-state index contributed by atoms with van der Waals surface area (Å²) in [5.74, 6) is -1.38. The van der Waals surface area contributed by atoms with Crippen LogP contribution in [0.25, 0.3) is 0 Å². The second-order valence-corrected chi connectivity index (χ2v) is 4.42. The van der Waals surface area contributed by atoms with Crippen molar-refractivity contribution in [2.24, 2.45) is 11.1 Å². The summed E-state index contributed by atoms with van der Waals surface area (Å²) in [6.45, 7) is 1.06. The van der Waals surface area contributed by atoms with Gasteiger partial charge < -0.3 is 10.5 Å². The molecule has 4 heteroatoms. The third kappa shape index (κ3) is 2.16. The monoisotopic (exact) mass is 227 g/mol. The summed E-state index contributed by atoms with van der Waals surface area (Å²) in [4.78, 5) is 0. The lowest BCUT2D eigenvalue weighted by Crippen LogP contribution is -2.42. The Kier molecular flexibility index (Phi) is 3.10. The minimum atomic E-state index is -0.882. The van der Waals surface area contributed by atoms with Gasteiger partial charge in [0.25, 0.3) is 0 Å².